The summed E-state index contributed by atoms with van der Waals surface area (Å²) in [5.74, 6) is 0.463. The van der Waals surface area contributed by atoms with E-state index in [4.69, 9.17) is 16.0 Å². The number of oxazole rings is 1. The highest BCUT2D eigenvalue weighted by atomic mass is 35.5. The number of aryl methyl sites for hydroxylation is 1. The number of nitrogens with one attached hydrogen (secondary N) is 2. The zero-order chi connectivity index (χ0) is 19.7. The van der Waals surface area contributed by atoms with Crippen LogP contribution in [0, 0.1) is 6.92 Å². The van der Waals surface area contributed by atoms with Gasteiger partial charge in [-0.15, -0.1) is 11.3 Å². The molecule has 0 spiro atoms. The Morgan fingerprint density at radius 1 is 1.39 bits per heavy atom. The molecule has 3 heterocycles. The van der Waals surface area contributed by atoms with Crippen molar-refractivity contribution in [2.24, 2.45) is 0 Å². The number of piperazine rings is 1. The highest BCUT2D eigenvalue weighted by Crippen LogP contribution is 2.30. The van der Waals surface area contributed by atoms with E-state index in [0.29, 0.717) is 35.5 Å². The molecule has 3 aromatic rings. The van der Waals surface area contributed by atoms with Crippen LogP contribution in [-0.4, -0.2) is 36.4 Å². The van der Waals surface area contributed by atoms with Crippen LogP contribution >= 0.6 is 22.9 Å². The monoisotopic (exact) mass is 416 g/mol. The van der Waals surface area contributed by atoms with Crippen molar-refractivity contribution in [1.29, 1.82) is 0 Å². The molecule has 1 aliphatic heterocycles. The molecule has 4 rings (SSSR count). The molecule has 28 heavy (non-hydrogen) atoms. The predicted molar refractivity (Wildman–Crippen MR) is 109 cm³/mol. The summed E-state index contributed by atoms with van der Waals surface area (Å²) in [7, 11) is 0. The molecule has 1 fully saturated rings. The quantitative estimate of drug-likeness (QED) is 0.679. The first-order chi connectivity index (χ1) is 13.5. The number of hydrogen-bond acceptors (Lipinski definition) is 6. The van der Waals surface area contributed by atoms with Gasteiger partial charge in [0, 0.05) is 18.8 Å². The first kappa shape index (κ1) is 18.5. The van der Waals surface area contributed by atoms with Crippen LogP contribution in [0.1, 0.15) is 16.2 Å². The predicted octanol–water partition coefficient (Wildman–Crippen LogP) is 3.55. The van der Waals surface area contributed by atoms with Crippen LogP contribution in [0.4, 0.5) is 11.4 Å². The molecule has 2 aromatic heterocycles. The Kier molecular flexibility index (Phi) is 5.06. The Morgan fingerprint density at radius 2 is 2.25 bits per heavy atom. The van der Waals surface area contributed by atoms with Gasteiger partial charge in [-0.05, 0) is 36.6 Å². The summed E-state index contributed by atoms with van der Waals surface area (Å²) in [4.78, 5) is 31.3. The standard InChI is InChI=1S/C19H17ClN4O3S/c1-11-17(23-19(27-11)15-3-2-8-28-15)18(26)22-12-4-5-14(13(20)9-12)24-7-6-21-16(25)10-24/h2-5,8-9H,6-7,10H2,1H3,(H,21,25)(H,22,26). The minimum atomic E-state index is -0.370. The fraction of sp³-hybridized carbons (Fsp3) is 0.211. The molecule has 1 aromatic carbocycles. The van der Waals surface area contributed by atoms with Crippen LogP contribution in [0.15, 0.2) is 40.1 Å². The summed E-state index contributed by atoms with van der Waals surface area (Å²) >= 11 is 7.88. The molecule has 2 amide bonds. The molecule has 0 radical (unpaired) electrons. The van der Waals surface area contributed by atoms with E-state index < -0.39 is 0 Å². The summed E-state index contributed by atoms with van der Waals surface area (Å²) in [5.41, 5.74) is 1.53. The van der Waals surface area contributed by atoms with Gasteiger partial charge in [0.2, 0.25) is 11.8 Å². The number of carbonyl (C=O) groups excluding carboxylic acids is 2. The van der Waals surface area contributed by atoms with Crippen molar-refractivity contribution in [3.05, 3.63) is 52.2 Å². The number of nitrogens with zero attached hydrogens (tertiary/aromatic N) is 2. The number of amides is 2. The summed E-state index contributed by atoms with van der Waals surface area (Å²) in [6.45, 7) is 3.22. The molecule has 2 N–H and O–H groups in total. The van der Waals surface area contributed by atoms with Gasteiger partial charge in [-0.2, -0.15) is 0 Å². The zero-order valence-corrected chi connectivity index (χ0v) is 16.6. The topological polar surface area (TPSA) is 87.5 Å². The van der Waals surface area contributed by atoms with E-state index in [0.717, 1.165) is 10.6 Å². The normalized spacial score (nSPS) is 14.1. The van der Waals surface area contributed by atoms with Crippen molar-refractivity contribution < 1.29 is 14.0 Å². The zero-order valence-electron chi connectivity index (χ0n) is 15.0. The van der Waals surface area contributed by atoms with E-state index in [1.54, 1.807) is 25.1 Å². The van der Waals surface area contributed by atoms with Crippen LogP contribution in [0.5, 0.6) is 0 Å². The molecule has 0 unspecified atom stereocenters. The maximum Gasteiger partial charge on any atom is 0.277 e. The van der Waals surface area contributed by atoms with Crippen LogP contribution in [0.25, 0.3) is 10.8 Å². The number of aromatic nitrogens is 1. The maximum atomic E-state index is 12.6. The van der Waals surface area contributed by atoms with E-state index in [1.807, 2.05) is 22.4 Å². The number of benzene rings is 1. The van der Waals surface area contributed by atoms with Gasteiger partial charge in [0.1, 0.15) is 5.76 Å². The molecule has 9 heteroatoms. The third kappa shape index (κ3) is 3.74. The van der Waals surface area contributed by atoms with Crippen molar-refractivity contribution >= 4 is 46.1 Å². The van der Waals surface area contributed by atoms with Crippen LogP contribution in [-0.2, 0) is 4.79 Å². The lowest BCUT2D eigenvalue weighted by Gasteiger charge is -2.29. The molecular weight excluding hydrogens is 400 g/mol. The van der Waals surface area contributed by atoms with Gasteiger partial charge in [-0.25, -0.2) is 4.98 Å². The Bertz CT molecular complexity index is 1030. The largest absolute Gasteiger partial charge is 0.440 e. The second-order valence-electron chi connectivity index (χ2n) is 6.29. The van der Waals surface area contributed by atoms with Gasteiger partial charge >= 0.3 is 0 Å². The number of rotatable bonds is 4. The van der Waals surface area contributed by atoms with Gasteiger partial charge in [0.05, 0.1) is 22.1 Å². The van der Waals surface area contributed by atoms with Crippen LogP contribution < -0.4 is 15.5 Å². The first-order valence-corrected chi connectivity index (χ1v) is 9.91. The minimum Gasteiger partial charge on any atom is -0.440 e. The smallest absolute Gasteiger partial charge is 0.277 e. The summed E-state index contributed by atoms with van der Waals surface area (Å²) in [6.07, 6.45) is 0. The maximum absolute atomic E-state index is 12.6. The van der Waals surface area contributed by atoms with E-state index >= 15 is 0 Å². The number of anilines is 2. The van der Waals surface area contributed by atoms with Crippen LogP contribution in [0.2, 0.25) is 5.02 Å². The number of thiophene rings is 1. The van der Waals surface area contributed by atoms with Crippen molar-refractivity contribution in [2.75, 3.05) is 29.9 Å². The average Bonchev–Trinajstić information content (AvgIpc) is 3.31. The molecule has 7 nitrogen and oxygen atoms in total. The molecule has 0 bridgehead atoms. The molecule has 0 aliphatic carbocycles. The van der Waals surface area contributed by atoms with Crippen LogP contribution in [0.3, 0.4) is 0 Å². The Morgan fingerprint density at radius 3 is 2.96 bits per heavy atom. The van der Waals surface area contributed by atoms with Gasteiger partial charge < -0.3 is 20.0 Å². The fourth-order valence-corrected chi connectivity index (χ4v) is 3.94. The minimum absolute atomic E-state index is 0.0391. The third-order valence-electron chi connectivity index (χ3n) is 4.33. The summed E-state index contributed by atoms with van der Waals surface area (Å²) in [5, 5.41) is 7.96. The second-order valence-corrected chi connectivity index (χ2v) is 7.65. The Hall–Kier alpha value is -2.84. The Balaban J connectivity index is 1.51. The highest BCUT2D eigenvalue weighted by molar-refractivity contribution is 7.13. The van der Waals surface area contributed by atoms with Gasteiger partial charge in [0.15, 0.2) is 5.69 Å². The number of halogens is 1. The van der Waals surface area contributed by atoms with E-state index in [9.17, 15) is 9.59 Å². The highest BCUT2D eigenvalue weighted by Gasteiger charge is 2.21. The summed E-state index contributed by atoms with van der Waals surface area (Å²) in [6, 6.07) is 8.99. The molecular formula is C19H17ClN4O3S. The van der Waals surface area contributed by atoms with Crippen molar-refractivity contribution in [3.8, 4) is 10.8 Å². The lowest BCUT2D eigenvalue weighted by molar-refractivity contribution is -0.120. The van der Waals surface area contributed by atoms with E-state index in [2.05, 4.69) is 15.6 Å². The molecule has 144 valence electrons. The van der Waals surface area contributed by atoms with Gasteiger partial charge in [-0.3, -0.25) is 9.59 Å². The second kappa shape index (κ2) is 7.65. The van der Waals surface area contributed by atoms with Gasteiger partial charge in [0.25, 0.3) is 5.91 Å². The van der Waals surface area contributed by atoms with Crippen molar-refractivity contribution in [2.45, 2.75) is 6.92 Å². The van der Waals surface area contributed by atoms with Crippen molar-refractivity contribution in [3.63, 3.8) is 0 Å². The lowest BCUT2D eigenvalue weighted by atomic mass is 10.2. The van der Waals surface area contributed by atoms with Gasteiger partial charge in [-0.1, -0.05) is 17.7 Å². The molecule has 0 atom stereocenters. The number of hydrogen-bond donors (Lipinski definition) is 2. The number of carbonyl (C=O) groups is 2. The Labute approximate surface area is 170 Å². The molecule has 1 saturated heterocycles. The SMILES string of the molecule is Cc1oc(-c2cccs2)nc1C(=O)Nc1ccc(N2CCNC(=O)C2)c(Cl)c1. The molecule has 1 aliphatic rings. The van der Waals surface area contributed by atoms with E-state index in [-0.39, 0.29) is 24.1 Å². The van der Waals surface area contributed by atoms with E-state index in [1.165, 1.54) is 11.3 Å². The molecule has 0 saturated carbocycles. The van der Waals surface area contributed by atoms with Crippen molar-refractivity contribution in [1.82, 2.24) is 10.3 Å². The lowest BCUT2D eigenvalue weighted by Crippen LogP contribution is -2.47. The fourth-order valence-electron chi connectivity index (χ4n) is 2.99. The first-order valence-electron chi connectivity index (χ1n) is 8.65. The third-order valence-corrected chi connectivity index (χ3v) is 5.49. The average molecular weight is 417 g/mol. The summed E-state index contributed by atoms with van der Waals surface area (Å²) < 4.78 is 5.62.